The Morgan fingerprint density at radius 1 is 1.43 bits per heavy atom. The third kappa shape index (κ3) is 2.55. The van der Waals surface area contributed by atoms with Crippen LogP contribution < -0.4 is 5.56 Å². The molecule has 0 aliphatic rings. The van der Waals surface area contributed by atoms with Crippen LogP contribution in [0.3, 0.4) is 0 Å². The van der Waals surface area contributed by atoms with Gasteiger partial charge in [0.2, 0.25) is 0 Å². The minimum atomic E-state index is -0.836. The summed E-state index contributed by atoms with van der Waals surface area (Å²) in [6.45, 7) is 0.108. The van der Waals surface area contributed by atoms with E-state index in [-0.39, 0.29) is 12.1 Å². The highest BCUT2D eigenvalue weighted by Crippen LogP contribution is 2.18. The molecule has 2 aromatic heterocycles. The van der Waals surface area contributed by atoms with E-state index in [9.17, 15) is 9.90 Å². The summed E-state index contributed by atoms with van der Waals surface area (Å²) in [6, 6.07) is 6.92. The fourth-order valence-corrected chi connectivity index (χ4v) is 2.40. The number of nitrogens with zero attached hydrogens (tertiary/aromatic N) is 4. The maximum absolute atomic E-state index is 12.3. The van der Waals surface area contributed by atoms with Crippen LogP contribution in [-0.2, 0) is 13.6 Å². The Bertz CT molecular complexity index is 856. The van der Waals surface area contributed by atoms with Gasteiger partial charge in [-0.15, -0.1) is 0 Å². The number of fused-ring (bicyclic) bond motifs is 1. The maximum Gasteiger partial charge on any atom is 0.264 e. The summed E-state index contributed by atoms with van der Waals surface area (Å²) in [6.07, 6.45) is 2.06. The lowest BCUT2D eigenvalue weighted by Gasteiger charge is -2.13. The van der Waals surface area contributed by atoms with Crippen LogP contribution in [0.15, 0.2) is 41.6 Å². The molecule has 0 saturated carbocycles. The molecular weight excluding hydrogens is 292 g/mol. The number of aryl methyl sites for hydroxylation is 1. The number of aromatic nitrogens is 4. The van der Waals surface area contributed by atoms with E-state index in [0.717, 1.165) is 0 Å². The molecule has 0 aliphatic carbocycles. The molecule has 6 nitrogen and oxygen atoms in total. The van der Waals surface area contributed by atoms with Gasteiger partial charge in [0.15, 0.2) is 5.65 Å². The summed E-state index contributed by atoms with van der Waals surface area (Å²) in [5.41, 5.74) is 0.948. The zero-order valence-corrected chi connectivity index (χ0v) is 12.0. The second-order valence-electron chi connectivity index (χ2n) is 4.78. The van der Waals surface area contributed by atoms with Crippen LogP contribution in [-0.4, -0.2) is 24.4 Å². The van der Waals surface area contributed by atoms with E-state index in [1.165, 1.54) is 21.8 Å². The summed E-state index contributed by atoms with van der Waals surface area (Å²) in [7, 11) is 1.72. The zero-order valence-electron chi connectivity index (χ0n) is 11.3. The van der Waals surface area contributed by atoms with E-state index >= 15 is 0 Å². The molecule has 0 bridgehead atoms. The molecular formula is C14H13ClN4O2. The number of aliphatic hydroxyl groups excluding tert-OH is 1. The third-order valence-electron chi connectivity index (χ3n) is 3.32. The quantitative estimate of drug-likeness (QED) is 0.796. The van der Waals surface area contributed by atoms with Gasteiger partial charge < -0.3 is 5.11 Å². The summed E-state index contributed by atoms with van der Waals surface area (Å²) < 4.78 is 2.91. The lowest BCUT2D eigenvalue weighted by atomic mass is 10.1. The minimum Gasteiger partial charge on any atom is -0.387 e. The predicted octanol–water partition coefficient (Wildman–Crippen LogP) is 1.52. The highest BCUT2D eigenvalue weighted by molar-refractivity contribution is 6.30. The molecule has 1 aromatic carbocycles. The van der Waals surface area contributed by atoms with E-state index in [2.05, 4.69) is 10.1 Å². The Balaban J connectivity index is 1.95. The van der Waals surface area contributed by atoms with Crippen LogP contribution in [0.5, 0.6) is 0 Å². The van der Waals surface area contributed by atoms with Crippen LogP contribution in [0.1, 0.15) is 11.7 Å². The maximum atomic E-state index is 12.3. The van der Waals surface area contributed by atoms with Gasteiger partial charge in [-0.2, -0.15) is 5.10 Å². The largest absolute Gasteiger partial charge is 0.387 e. The number of benzene rings is 1. The number of halogens is 1. The van der Waals surface area contributed by atoms with Gasteiger partial charge in [-0.1, -0.05) is 23.7 Å². The predicted molar refractivity (Wildman–Crippen MR) is 79.2 cm³/mol. The van der Waals surface area contributed by atoms with Crippen molar-refractivity contribution in [3.63, 3.8) is 0 Å². The van der Waals surface area contributed by atoms with Crippen molar-refractivity contribution >= 4 is 22.6 Å². The van der Waals surface area contributed by atoms with Gasteiger partial charge in [-0.25, -0.2) is 4.98 Å². The lowest BCUT2D eigenvalue weighted by Crippen LogP contribution is -2.23. The molecule has 1 atom stereocenters. The summed E-state index contributed by atoms with van der Waals surface area (Å²) in [4.78, 5) is 16.5. The molecule has 108 valence electrons. The first-order valence-electron chi connectivity index (χ1n) is 6.37. The first-order chi connectivity index (χ1) is 10.1. The van der Waals surface area contributed by atoms with Crippen LogP contribution in [0.25, 0.3) is 11.0 Å². The Morgan fingerprint density at radius 3 is 3.00 bits per heavy atom. The molecule has 0 amide bonds. The highest BCUT2D eigenvalue weighted by Gasteiger charge is 2.13. The number of rotatable bonds is 3. The Morgan fingerprint density at radius 2 is 2.24 bits per heavy atom. The topological polar surface area (TPSA) is 72.9 Å². The summed E-state index contributed by atoms with van der Waals surface area (Å²) in [5.74, 6) is 0. The van der Waals surface area contributed by atoms with Gasteiger partial charge >= 0.3 is 0 Å². The van der Waals surface area contributed by atoms with Gasteiger partial charge in [0.05, 0.1) is 18.8 Å². The smallest absolute Gasteiger partial charge is 0.264 e. The van der Waals surface area contributed by atoms with E-state index < -0.39 is 6.10 Å². The molecule has 0 aliphatic heterocycles. The average Bonchev–Trinajstić information content (AvgIpc) is 2.84. The highest BCUT2D eigenvalue weighted by atomic mass is 35.5. The zero-order chi connectivity index (χ0) is 15.0. The molecule has 3 aromatic rings. The fourth-order valence-electron chi connectivity index (χ4n) is 2.20. The first-order valence-corrected chi connectivity index (χ1v) is 6.75. The second kappa shape index (κ2) is 5.31. The number of aliphatic hydroxyl groups is 1. The van der Waals surface area contributed by atoms with Gasteiger partial charge in [0.25, 0.3) is 5.56 Å². The summed E-state index contributed by atoms with van der Waals surface area (Å²) >= 11 is 5.90. The van der Waals surface area contributed by atoms with Crippen LogP contribution >= 0.6 is 11.6 Å². The Kier molecular flexibility index (Phi) is 3.48. The van der Waals surface area contributed by atoms with Gasteiger partial charge in [0.1, 0.15) is 11.7 Å². The molecule has 0 radical (unpaired) electrons. The Hall–Kier alpha value is -2.18. The number of hydrogen-bond donors (Lipinski definition) is 1. The molecule has 0 saturated heterocycles. The fraction of sp³-hybridized carbons (Fsp3) is 0.214. The van der Waals surface area contributed by atoms with E-state index in [4.69, 9.17) is 11.6 Å². The number of hydrogen-bond acceptors (Lipinski definition) is 4. The van der Waals surface area contributed by atoms with Crippen LogP contribution in [0.2, 0.25) is 5.02 Å². The van der Waals surface area contributed by atoms with Gasteiger partial charge in [0, 0.05) is 12.1 Å². The monoisotopic (exact) mass is 304 g/mol. The molecule has 7 heteroatoms. The van der Waals surface area contributed by atoms with E-state index in [0.29, 0.717) is 21.6 Å². The average molecular weight is 305 g/mol. The van der Waals surface area contributed by atoms with Crippen LogP contribution in [0.4, 0.5) is 0 Å². The van der Waals surface area contributed by atoms with Crippen molar-refractivity contribution in [1.82, 2.24) is 19.3 Å². The van der Waals surface area contributed by atoms with E-state index in [1.807, 2.05) is 0 Å². The second-order valence-corrected chi connectivity index (χ2v) is 5.21. The molecule has 2 heterocycles. The van der Waals surface area contributed by atoms with E-state index in [1.54, 1.807) is 31.3 Å². The molecule has 3 rings (SSSR count). The minimum absolute atomic E-state index is 0.108. The third-order valence-corrected chi connectivity index (χ3v) is 3.56. The van der Waals surface area contributed by atoms with Crippen molar-refractivity contribution in [1.29, 1.82) is 0 Å². The lowest BCUT2D eigenvalue weighted by molar-refractivity contribution is 0.155. The van der Waals surface area contributed by atoms with Crippen molar-refractivity contribution in [2.24, 2.45) is 7.05 Å². The normalized spacial score (nSPS) is 12.7. The van der Waals surface area contributed by atoms with Crippen molar-refractivity contribution < 1.29 is 5.11 Å². The Labute approximate surface area is 125 Å². The molecule has 0 fully saturated rings. The first kappa shape index (κ1) is 13.8. The van der Waals surface area contributed by atoms with Crippen molar-refractivity contribution in [2.75, 3.05) is 0 Å². The molecule has 1 N–H and O–H groups in total. The SMILES string of the molecule is Cn1ncc2c(=O)n(CC(O)c3cccc(Cl)c3)cnc21. The molecule has 1 unspecified atom stereocenters. The molecule has 21 heavy (non-hydrogen) atoms. The molecule has 0 spiro atoms. The summed E-state index contributed by atoms with van der Waals surface area (Å²) in [5, 5.41) is 15.2. The van der Waals surface area contributed by atoms with Crippen molar-refractivity contribution in [2.45, 2.75) is 12.6 Å². The van der Waals surface area contributed by atoms with Gasteiger partial charge in [-0.3, -0.25) is 14.0 Å². The van der Waals surface area contributed by atoms with Gasteiger partial charge in [-0.05, 0) is 17.7 Å². The van der Waals surface area contributed by atoms with Crippen molar-refractivity contribution in [3.8, 4) is 0 Å². The standard InChI is InChI=1S/C14H13ClN4O2/c1-18-13-11(6-17-18)14(21)19(8-16-13)7-12(20)9-3-2-4-10(15)5-9/h2-6,8,12,20H,7H2,1H3. The van der Waals surface area contributed by atoms with Crippen molar-refractivity contribution in [3.05, 3.63) is 57.7 Å². The van der Waals surface area contributed by atoms with Crippen LogP contribution in [0, 0.1) is 0 Å².